The molecule has 112 valence electrons. The number of hydrogen-bond acceptors (Lipinski definition) is 4. The van der Waals surface area contributed by atoms with Crippen LogP contribution in [0.1, 0.15) is 43.5 Å². The molecule has 1 aromatic heterocycles. The Morgan fingerprint density at radius 3 is 2.55 bits per heavy atom. The van der Waals surface area contributed by atoms with Crippen molar-refractivity contribution in [2.24, 2.45) is 5.73 Å². The first-order chi connectivity index (χ1) is 9.70. The van der Waals surface area contributed by atoms with Crippen molar-refractivity contribution in [3.8, 4) is 0 Å². The van der Waals surface area contributed by atoms with E-state index in [1.807, 2.05) is 12.5 Å². The highest BCUT2D eigenvalue weighted by Crippen LogP contribution is 2.38. The Labute approximate surface area is 121 Å². The average Bonchev–Trinajstić information content (AvgIpc) is 3.19. The highest BCUT2D eigenvalue weighted by molar-refractivity contribution is 5.10. The van der Waals surface area contributed by atoms with Crippen LogP contribution >= 0.6 is 0 Å². The van der Waals surface area contributed by atoms with Gasteiger partial charge in [0.15, 0.2) is 0 Å². The third kappa shape index (κ3) is 2.75. The number of piperidine rings is 1. The molecule has 1 unspecified atom stereocenters. The van der Waals surface area contributed by atoms with Crippen LogP contribution in [0.3, 0.4) is 0 Å². The van der Waals surface area contributed by atoms with Crippen LogP contribution in [0.15, 0.2) is 12.5 Å². The first kappa shape index (κ1) is 14.0. The van der Waals surface area contributed by atoms with E-state index in [-0.39, 0.29) is 0 Å². The van der Waals surface area contributed by atoms with E-state index in [2.05, 4.69) is 33.4 Å². The topological polar surface area (TPSA) is 50.3 Å². The summed E-state index contributed by atoms with van der Waals surface area (Å²) in [7, 11) is 4.37. The van der Waals surface area contributed by atoms with Gasteiger partial charge in [-0.15, -0.1) is 0 Å². The molecule has 0 amide bonds. The zero-order chi connectivity index (χ0) is 14.1. The molecule has 0 aromatic carbocycles. The zero-order valence-corrected chi connectivity index (χ0v) is 12.7. The first-order valence-electron chi connectivity index (χ1n) is 7.83. The van der Waals surface area contributed by atoms with Crippen LogP contribution in [0.4, 0.5) is 0 Å². The fourth-order valence-corrected chi connectivity index (χ4v) is 3.40. The maximum atomic E-state index is 6.09. The quantitative estimate of drug-likeness (QED) is 0.880. The van der Waals surface area contributed by atoms with E-state index in [1.165, 1.54) is 31.4 Å². The van der Waals surface area contributed by atoms with Crippen molar-refractivity contribution in [3.63, 3.8) is 0 Å². The highest BCUT2D eigenvalue weighted by Gasteiger charge is 2.31. The maximum Gasteiger partial charge on any atom is 0.0951 e. The van der Waals surface area contributed by atoms with Crippen LogP contribution in [0.25, 0.3) is 0 Å². The van der Waals surface area contributed by atoms with Crippen molar-refractivity contribution < 1.29 is 0 Å². The number of nitrogens with zero attached hydrogens (tertiary/aromatic N) is 4. The Bertz CT molecular complexity index is 429. The fraction of sp³-hybridized carbons (Fsp3) is 0.800. The van der Waals surface area contributed by atoms with Gasteiger partial charge in [0, 0.05) is 37.9 Å². The van der Waals surface area contributed by atoms with Gasteiger partial charge in [-0.1, -0.05) is 0 Å². The van der Waals surface area contributed by atoms with Crippen molar-refractivity contribution in [2.75, 3.05) is 33.7 Å². The lowest BCUT2D eigenvalue weighted by Gasteiger charge is -2.39. The van der Waals surface area contributed by atoms with Gasteiger partial charge in [0.25, 0.3) is 0 Å². The van der Waals surface area contributed by atoms with Gasteiger partial charge in [-0.2, -0.15) is 0 Å². The van der Waals surface area contributed by atoms with Crippen LogP contribution in [0, 0.1) is 0 Å². The molecule has 20 heavy (non-hydrogen) atoms. The van der Waals surface area contributed by atoms with Crippen molar-refractivity contribution in [2.45, 2.75) is 43.8 Å². The second-order valence-corrected chi connectivity index (χ2v) is 6.44. The van der Waals surface area contributed by atoms with E-state index in [0.29, 0.717) is 18.6 Å². The van der Waals surface area contributed by atoms with E-state index in [1.54, 1.807) is 0 Å². The molecule has 2 heterocycles. The third-order valence-electron chi connectivity index (χ3n) is 4.87. The molecule has 1 atom stereocenters. The van der Waals surface area contributed by atoms with E-state index in [0.717, 1.165) is 19.1 Å². The number of hydrogen-bond donors (Lipinski definition) is 1. The lowest BCUT2D eigenvalue weighted by atomic mass is 10.0. The fourth-order valence-electron chi connectivity index (χ4n) is 3.40. The van der Waals surface area contributed by atoms with Crippen molar-refractivity contribution >= 4 is 0 Å². The van der Waals surface area contributed by atoms with E-state index in [4.69, 9.17) is 5.73 Å². The van der Waals surface area contributed by atoms with Crippen molar-refractivity contribution in [1.29, 1.82) is 0 Å². The summed E-state index contributed by atoms with van der Waals surface area (Å²) in [5.74, 6) is 0. The largest absolute Gasteiger partial charge is 0.330 e. The molecular weight excluding hydrogens is 250 g/mol. The van der Waals surface area contributed by atoms with Gasteiger partial charge in [0.2, 0.25) is 0 Å². The average molecular weight is 277 g/mol. The Morgan fingerprint density at radius 1 is 1.30 bits per heavy atom. The first-order valence-corrected chi connectivity index (χ1v) is 7.83. The normalized spacial score (nSPS) is 23.4. The molecule has 2 fully saturated rings. The van der Waals surface area contributed by atoms with Gasteiger partial charge in [0.1, 0.15) is 0 Å². The van der Waals surface area contributed by atoms with Gasteiger partial charge in [-0.25, -0.2) is 4.98 Å². The van der Waals surface area contributed by atoms with Crippen molar-refractivity contribution in [1.82, 2.24) is 19.4 Å². The van der Waals surface area contributed by atoms with Crippen LogP contribution in [-0.4, -0.2) is 59.1 Å². The molecule has 1 saturated heterocycles. The number of aromatic nitrogens is 2. The lowest BCUT2D eigenvalue weighted by molar-refractivity contribution is 0.107. The predicted octanol–water partition coefficient (Wildman–Crippen LogP) is 1.24. The SMILES string of the molecule is CN(C)C1CCN(C(CN)c2cncn2C2CC2)CC1. The van der Waals surface area contributed by atoms with Gasteiger partial charge < -0.3 is 15.2 Å². The van der Waals surface area contributed by atoms with Crippen LogP contribution in [0.5, 0.6) is 0 Å². The van der Waals surface area contributed by atoms with Crippen LogP contribution < -0.4 is 5.73 Å². The molecule has 5 nitrogen and oxygen atoms in total. The monoisotopic (exact) mass is 277 g/mol. The lowest BCUT2D eigenvalue weighted by Crippen LogP contribution is -2.45. The molecular formula is C15H27N5. The number of imidazole rings is 1. The summed E-state index contributed by atoms with van der Waals surface area (Å²) in [5.41, 5.74) is 7.40. The molecule has 1 aliphatic carbocycles. The Balaban J connectivity index is 1.69. The van der Waals surface area contributed by atoms with E-state index in [9.17, 15) is 0 Å². The summed E-state index contributed by atoms with van der Waals surface area (Å²) in [5, 5.41) is 0. The van der Waals surface area contributed by atoms with Gasteiger partial charge >= 0.3 is 0 Å². The molecule has 1 aliphatic heterocycles. The van der Waals surface area contributed by atoms with Gasteiger partial charge in [-0.05, 0) is 39.8 Å². The highest BCUT2D eigenvalue weighted by atomic mass is 15.2. The summed E-state index contributed by atoms with van der Waals surface area (Å²) >= 11 is 0. The molecule has 0 spiro atoms. The van der Waals surface area contributed by atoms with Gasteiger partial charge in [-0.3, -0.25) is 4.90 Å². The summed E-state index contributed by atoms with van der Waals surface area (Å²) in [6.07, 6.45) is 9.07. The van der Waals surface area contributed by atoms with E-state index >= 15 is 0 Å². The van der Waals surface area contributed by atoms with Crippen molar-refractivity contribution in [3.05, 3.63) is 18.2 Å². The minimum atomic E-state index is 0.334. The number of rotatable bonds is 5. The number of likely N-dealkylation sites (tertiary alicyclic amines) is 1. The molecule has 3 rings (SSSR count). The molecule has 2 N–H and O–H groups in total. The van der Waals surface area contributed by atoms with Crippen LogP contribution in [-0.2, 0) is 0 Å². The second-order valence-electron chi connectivity index (χ2n) is 6.44. The van der Waals surface area contributed by atoms with Crippen LogP contribution in [0.2, 0.25) is 0 Å². The minimum absolute atomic E-state index is 0.334. The molecule has 5 heteroatoms. The summed E-state index contributed by atoms with van der Waals surface area (Å²) in [6, 6.07) is 1.74. The minimum Gasteiger partial charge on any atom is -0.330 e. The smallest absolute Gasteiger partial charge is 0.0951 e. The Morgan fingerprint density at radius 2 is 2.00 bits per heavy atom. The summed E-state index contributed by atoms with van der Waals surface area (Å²) in [6.45, 7) is 2.96. The van der Waals surface area contributed by atoms with Gasteiger partial charge in [0.05, 0.1) is 18.1 Å². The predicted molar refractivity (Wildman–Crippen MR) is 80.6 cm³/mol. The molecule has 0 bridgehead atoms. The Kier molecular flexibility index (Phi) is 4.10. The third-order valence-corrected chi connectivity index (χ3v) is 4.87. The maximum absolute atomic E-state index is 6.09. The number of nitrogens with two attached hydrogens (primary N) is 1. The van der Waals surface area contributed by atoms with E-state index < -0.39 is 0 Å². The molecule has 2 aliphatic rings. The molecule has 1 aromatic rings. The standard InChI is InChI=1S/C15H27N5/c1-18(2)12-5-7-19(8-6-12)14(9-16)15-10-17-11-20(15)13-3-4-13/h10-14H,3-9,16H2,1-2H3. The Hall–Kier alpha value is -0.910. The zero-order valence-electron chi connectivity index (χ0n) is 12.7. The summed E-state index contributed by atoms with van der Waals surface area (Å²) in [4.78, 5) is 9.26. The summed E-state index contributed by atoms with van der Waals surface area (Å²) < 4.78 is 2.36. The molecule has 0 radical (unpaired) electrons. The molecule has 1 saturated carbocycles. The second kappa shape index (κ2) is 5.84.